The van der Waals surface area contributed by atoms with Crippen LogP contribution < -0.4 is 5.32 Å². The molecule has 116 valence electrons. The van der Waals surface area contributed by atoms with Crippen molar-refractivity contribution in [3.8, 4) is 0 Å². The fraction of sp³-hybridized carbons (Fsp3) is 1.00. The van der Waals surface area contributed by atoms with Crippen molar-refractivity contribution in [2.45, 2.75) is 71.6 Å². The van der Waals surface area contributed by atoms with Crippen LogP contribution in [-0.2, 0) is 9.47 Å². The Morgan fingerprint density at radius 3 is 2.26 bits per heavy atom. The van der Waals surface area contributed by atoms with Gasteiger partial charge in [-0.2, -0.15) is 0 Å². The van der Waals surface area contributed by atoms with E-state index in [1.165, 1.54) is 0 Å². The van der Waals surface area contributed by atoms with Crippen molar-refractivity contribution in [1.29, 1.82) is 0 Å². The minimum absolute atomic E-state index is 0.161. The Balaban J connectivity index is 3.75. The third-order valence-corrected chi connectivity index (χ3v) is 3.20. The van der Waals surface area contributed by atoms with Gasteiger partial charge in [-0.1, -0.05) is 20.8 Å². The molecule has 1 atom stereocenters. The lowest BCUT2D eigenvalue weighted by atomic mass is 9.90. The lowest BCUT2D eigenvalue weighted by Gasteiger charge is -2.34. The van der Waals surface area contributed by atoms with Crippen molar-refractivity contribution < 1.29 is 14.6 Å². The second-order valence-corrected chi connectivity index (χ2v) is 5.73. The molecule has 0 aromatic heterocycles. The molecule has 2 N–H and O–H groups in total. The van der Waals surface area contributed by atoms with Crippen LogP contribution >= 0.6 is 0 Å². The van der Waals surface area contributed by atoms with Crippen molar-refractivity contribution in [3.05, 3.63) is 0 Å². The highest BCUT2D eigenvalue weighted by Crippen LogP contribution is 2.18. The molecule has 0 aliphatic heterocycles. The summed E-state index contributed by atoms with van der Waals surface area (Å²) in [6.07, 6.45) is 3.08. The first-order valence-electron chi connectivity index (χ1n) is 7.53. The first kappa shape index (κ1) is 18.8. The number of hydrogen-bond donors (Lipinski definition) is 2. The van der Waals surface area contributed by atoms with Gasteiger partial charge in [0.05, 0.1) is 25.9 Å². The summed E-state index contributed by atoms with van der Waals surface area (Å²) in [5, 5.41) is 13.1. The number of aliphatic hydroxyl groups is 1. The van der Waals surface area contributed by atoms with E-state index in [-0.39, 0.29) is 18.2 Å². The third-order valence-electron chi connectivity index (χ3n) is 3.20. The van der Waals surface area contributed by atoms with E-state index in [0.717, 1.165) is 25.9 Å². The van der Waals surface area contributed by atoms with Crippen LogP contribution in [0.4, 0.5) is 0 Å². The predicted octanol–water partition coefficient (Wildman–Crippen LogP) is 2.35. The van der Waals surface area contributed by atoms with Crippen LogP contribution in [0, 0.1) is 0 Å². The number of hydrogen-bond acceptors (Lipinski definition) is 4. The SMILES string of the molecule is CCC(CO)(CCCOCCOC(C)C)NC(C)C. The zero-order chi connectivity index (χ0) is 14.7. The molecule has 4 heteroatoms. The molecule has 19 heavy (non-hydrogen) atoms. The molecular formula is C15H33NO3. The molecule has 0 radical (unpaired) electrons. The van der Waals surface area contributed by atoms with Crippen LogP contribution in [-0.4, -0.2) is 49.2 Å². The van der Waals surface area contributed by atoms with Crippen molar-refractivity contribution in [2.75, 3.05) is 26.4 Å². The Bertz CT molecular complexity index is 204. The van der Waals surface area contributed by atoms with Crippen molar-refractivity contribution in [1.82, 2.24) is 5.32 Å². The molecule has 0 saturated heterocycles. The summed E-state index contributed by atoms with van der Waals surface area (Å²) in [4.78, 5) is 0. The van der Waals surface area contributed by atoms with Crippen LogP contribution in [0.25, 0.3) is 0 Å². The molecule has 1 unspecified atom stereocenters. The molecule has 0 aliphatic rings. The third kappa shape index (κ3) is 9.38. The van der Waals surface area contributed by atoms with E-state index in [4.69, 9.17) is 9.47 Å². The van der Waals surface area contributed by atoms with Gasteiger partial charge >= 0.3 is 0 Å². The summed E-state index contributed by atoms with van der Waals surface area (Å²) in [5.41, 5.74) is -0.161. The molecule has 0 saturated carbocycles. The predicted molar refractivity (Wildman–Crippen MR) is 79.5 cm³/mol. The average Bonchev–Trinajstić information content (AvgIpc) is 2.35. The molecule has 0 aliphatic carbocycles. The minimum atomic E-state index is -0.161. The molecule has 0 rings (SSSR count). The van der Waals surface area contributed by atoms with Crippen LogP contribution in [0.5, 0.6) is 0 Å². The topological polar surface area (TPSA) is 50.7 Å². The second-order valence-electron chi connectivity index (χ2n) is 5.73. The molecule has 0 spiro atoms. The van der Waals surface area contributed by atoms with Crippen LogP contribution in [0.3, 0.4) is 0 Å². The van der Waals surface area contributed by atoms with Gasteiger partial charge in [0.1, 0.15) is 0 Å². The fourth-order valence-electron chi connectivity index (χ4n) is 2.16. The Hall–Kier alpha value is -0.160. The molecule has 0 heterocycles. The van der Waals surface area contributed by atoms with Gasteiger partial charge < -0.3 is 19.9 Å². The Morgan fingerprint density at radius 2 is 1.79 bits per heavy atom. The quantitative estimate of drug-likeness (QED) is 0.537. The zero-order valence-corrected chi connectivity index (χ0v) is 13.4. The Kier molecular flexibility index (Phi) is 10.5. The lowest BCUT2D eigenvalue weighted by Crippen LogP contribution is -2.51. The second kappa shape index (κ2) is 10.6. The van der Waals surface area contributed by atoms with E-state index < -0.39 is 0 Å². The van der Waals surface area contributed by atoms with E-state index >= 15 is 0 Å². The van der Waals surface area contributed by atoms with E-state index in [0.29, 0.717) is 19.3 Å². The van der Waals surface area contributed by atoms with E-state index in [9.17, 15) is 5.11 Å². The van der Waals surface area contributed by atoms with Crippen LogP contribution in [0.15, 0.2) is 0 Å². The van der Waals surface area contributed by atoms with Crippen molar-refractivity contribution in [3.63, 3.8) is 0 Å². The molecule has 4 nitrogen and oxygen atoms in total. The summed E-state index contributed by atoms with van der Waals surface area (Å²) in [5.74, 6) is 0. The van der Waals surface area contributed by atoms with Gasteiger partial charge in [-0.25, -0.2) is 0 Å². The zero-order valence-electron chi connectivity index (χ0n) is 13.4. The molecular weight excluding hydrogens is 242 g/mol. The van der Waals surface area contributed by atoms with Crippen LogP contribution in [0.1, 0.15) is 53.9 Å². The average molecular weight is 275 g/mol. The summed E-state index contributed by atoms with van der Waals surface area (Å²) in [6, 6.07) is 0.382. The highest BCUT2D eigenvalue weighted by atomic mass is 16.5. The van der Waals surface area contributed by atoms with Gasteiger partial charge in [-0.15, -0.1) is 0 Å². The number of ether oxygens (including phenoxy) is 2. The van der Waals surface area contributed by atoms with Gasteiger partial charge in [0.15, 0.2) is 0 Å². The summed E-state index contributed by atoms with van der Waals surface area (Å²) in [7, 11) is 0. The molecule has 0 aromatic rings. The van der Waals surface area contributed by atoms with E-state index in [1.54, 1.807) is 0 Å². The standard InChI is InChI=1S/C15H33NO3/c1-6-15(12-17,16-13(2)3)8-7-9-18-10-11-19-14(4)5/h13-14,16-17H,6-12H2,1-5H3. The number of rotatable bonds is 12. The maximum absolute atomic E-state index is 9.60. The van der Waals surface area contributed by atoms with Crippen molar-refractivity contribution >= 4 is 0 Å². The van der Waals surface area contributed by atoms with Crippen LogP contribution in [0.2, 0.25) is 0 Å². The molecule has 0 bridgehead atoms. The number of nitrogens with one attached hydrogen (secondary N) is 1. The molecule has 0 fully saturated rings. The highest BCUT2D eigenvalue weighted by molar-refractivity contribution is 4.87. The normalized spacial score (nSPS) is 15.2. The lowest BCUT2D eigenvalue weighted by molar-refractivity contribution is 0.0161. The minimum Gasteiger partial charge on any atom is -0.394 e. The van der Waals surface area contributed by atoms with Gasteiger partial charge in [0.25, 0.3) is 0 Å². The molecule has 0 amide bonds. The highest BCUT2D eigenvalue weighted by Gasteiger charge is 2.26. The Morgan fingerprint density at radius 1 is 1.11 bits per heavy atom. The summed E-state index contributed by atoms with van der Waals surface area (Å²) < 4.78 is 10.9. The largest absolute Gasteiger partial charge is 0.394 e. The fourth-order valence-corrected chi connectivity index (χ4v) is 2.16. The Labute approximate surface area is 118 Å². The van der Waals surface area contributed by atoms with E-state index in [2.05, 4.69) is 26.1 Å². The maximum Gasteiger partial charge on any atom is 0.0703 e. The maximum atomic E-state index is 9.60. The van der Waals surface area contributed by atoms with Gasteiger partial charge in [-0.05, 0) is 33.1 Å². The monoisotopic (exact) mass is 275 g/mol. The molecule has 0 aromatic carbocycles. The summed E-state index contributed by atoms with van der Waals surface area (Å²) >= 11 is 0. The van der Waals surface area contributed by atoms with Crippen molar-refractivity contribution in [2.24, 2.45) is 0 Å². The number of aliphatic hydroxyl groups excluding tert-OH is 1. The first-order valence-corrected chi connectivity index (χ1v) is 7.53. The smallest absolute Gasteiger partial charge is 0.0703 e. The van der Waals surface area contributed by atoms with E-state index in [1.807, 2.05) is 13.8 Å². The summed E-state index contributed by atoms with van der Waals surface area (Å²) in [6.45, 7) is 12.6. The van der Waals surface area contributed by atoms with Gasteiger partial charge in [-0.3, -0.25) is 0 Å². The van der Waals surface area contributed by atoms with Gasteiger partial charge in [0, 0.05) is 18.2 Å². The first-order chi connectivity index (χ1) is 8.95. The van der Waals surface area contributed by atoms with Gasteiger partial charge in [0.2, 0.25) is 0 Å².